The molecule has 0 fully saturated rings. The number of fused-ring (bicyclic) bond motifs is 2. The molecule has 0 N–H and O–H groups in total. The highest BCUT2D eigenvalue weighted by atomic mass is 35.5. The normalized spacial score (nSPS) is 18.0. The minimum Gasteiger partial charge on any atom is -0.489 e. The molecule has 0 saturated heterocycles. The first-order valence-corrected chi connectivity index (χ1v) is 10.4. The molecule has 1 atom stereocenters. The molecule has 5 heteroatoms. The third-order valence-electron chi connectivity index (χ3n) is 5.25. The van der Waals surface area contributed by atoms with Crippen molar-refractivity contribution in [3.05, 3.63) is 106 Å². The van der Waals surface area contributed by atoms with Crippen LogP contribution in [0.3, 0.4) is 0 Å². The molecule has 1 unspecified atom stereocenters. The minimum absolute atomic E-state index is 0.150. The Hall–Kier alpha value is -3.50. The summed E-state index contributed by atoms with van der Waals surface area (Å²) < 4.78 is 17.7. The molecule has 0 spiro atoms. The first-order valence-electron chi connectivity index (χ1n) is 10.00. The van der Waals surface area contributed by atoms with Crippen molar-refractivity contribution < 1.29 is 19.0 Å². The second kappa shape index (κ2) is 7.97. The third-order valence-corrected chi connectivity index (χ3v) is 5.48. The van der Waals surface area contributed by atoms with Crippen molar-refractivity contribution in [2.75, 3.05) is 0 Å². The Labute approximate surface area is 185 Å². The summed E-state index contributed by atoms with van der Waals surface area (Å²) in [6.45, 7) is 2.32. The van der Waals surface area contributed by atoms with Gasteiger partial charge in [-0.25, -0.2) is 0 Å². The van der Waals surface area contributed by atoms with E-state index in [1.807, 2.05) is 61.5 Å². The number of Topliss-reactive ketones (excluding diaryl/α,β-unsaturated/α-hetero) is 1. The molecular formula is C26H19ClO4. The summed E-state index contributed by atoms with van der Waals surface area (Å²) in [5.74, 6) is 2.08. The first-order chi connectivity index (χ1) is 15.1. The maximum absolute atomic E-state index is 12.8. The van der Waals surface area contributed by atoms with Gasteiger partial charge in [-0.2, -0.15) is 0 Å². The van der Waals surface area contributed by atoms with E-state index in [2.05, 4.69) is 0 Å². The van der Waals surface area contributed by atoms with E-state index in [1.165, 1.54) is 0 Å². The van der Waals surface area contributed by atoms with E-state index >= 15 is 0 Å². The molecule has 2 aliphatic heterocycles. The van der Waals surface area contributed by atoms with Gasteiger partial charge >= 0.3 is 0 Å². The third kappa shape index (κ3) is 3.94. The van der Waals surface area contributed by atoms with E-state index in [1.54, 1.807) is 24.3 Å². The van der Waals surface area contributed by atoms with Gasteiger partial charge in [0.2, 0.25) is 5.78 Å². The lowest BCUT2D eigenvalue weighted by Gasteiger charge is -2.22. The first kappa shape index (κ1) is 19.5. The molecule has 5 rings (SSSR count). The van der Waals surface area contributed by atoms with Crippen LogP contribution in [-0.2, 0) is 6.61 Å². The molecule has 2 aliphatic rings. The molecule has 0 aromatic heterocycles. The number of hydrogen-bond donors (Lipinski definition) is 0. The van der Waals surface area contributed by atoms with Crippen molar-refractivity contribution >= 4 is 23.5 Å². The highest BCUT2D eigenvalue weighted by molar-refractivity contribution is 6.30. The summed E-state index contributed by atoms with van der Waals surface area (Å²) in [5, 5.41) is 0.664. The number of benzene rings is 3. The topological polar surface area (TPSA) is 44.8 Å². The van der Waals surface area contributed by atoms with Gasteiger partial charge in [-0.15, -0.1) is 0 Å². The second-order valence-corrected chi connectivity index (χ2v) is 7.90. The molecule has 0 saturated carbocycles. The molecule has 3 aromatic carbocycles. The zero-order valence-corrected chi connectivity index (χ0v) is 17.6. The van der Waals surface area contributed by atoms with E-state index < -0.39 is 0 Å². The largest absolute Gasteiger partial charge is 0.489 e. The van der Waals surface area contributed by atoms with Gasteiger partial charge in [0.1, 0.15) is 30.0 Å². The molecule has 0 radical (unpaired) electrons. The lowest BCUT2D eigenvalue weighted by atomic mass is 10.0. The molecule has 31 heavy (non-hydrogen) atoms. The zero-order chi connectivity index (χ0) is 21.4. The van der Waals surface area contributed by atoms with Crippen LogP contribution in [0.4, 0.5) is 0 Å². The minimum atomic E-state index is -0.181. The van der Waals surface area contributed by atoms with E-state index in [-0.39, 0.29) is 17.6 Å². The summed E-state index contributed by atoms with van der Waals surface area (Å²) in [5.41, 5.74) is 3.34. The highest BCUT2D eigenvalue weighted by Crippen LogP contribution is 2.36. The van der Waals surface area contributed by atoms with Crippen LogP contribution in [0.1, 0.15) is 28.4 Å². The number of ketones is 1. The fourth-order valence-electron chi connectivity index (χ4n) is 3.62. The Morgan fingerprint density at radius 3 is 2.77 bits per heavy atom. The summed E-state index contributed by atoms with van der Waals surface area (Å²) in [4.78, 5) is 12.8. The quantitative estimate of drug-likeness (QED) is 0.459. The van der Waals surface area contributed by atoms with E-state index in [0.717, 1.165) is 22.4 Å². The number of carbonyl (C=O) groups is 1. The van der Waals surface area contributed by atoms with Crippen molar-refractivity contribution in [3.63, 3.8) is 0 Å². The van der Waals surface area contributed by atoms with Crippen LogP contribution in [0.5, 0.6) is 17.2 Å². The Balaban J connectivity index is 1.36. The predicted molar refractivity (Wildman–Crippen MR) is 120 cm³/mol. The smallest absolute Gasteiger partial charge is 0.231 e. The van der Waals surface area contributed by atoms with Gasteiger partial charge < -0.3 is 14.2 Å². The van der Waals surface area contributed by atoms with Crippen LogP contribution in [0.15, 0.2) is 84.1 Å². The lowest BCUT2D eigenvalue weighted by molar-refractivity contribution is 0.101. The number of para-hydroxylation sites is 1. The molecule has 4 nitrogen and oxygen atoms in total. The Morgan fingerprint density at radius 1 is 1.03 bits per heavy atom. The number of halogens is 1. The number of carbonyl (C=O) groups excluding carboxylic acids is 1. The van der Waals surface area contributed by atoms with Gasteiger partial charge in [-0.1, -0.05) is 41.9 Å². The summed E-state index contributed by atoms with van der Waals surface area (Å²) in [7, 11) is 0. The predicted octanol–water partition coefficient (Wildman–Crippen LogP) is 6.24. The van der Waals surface area contributed by atoms with Crippen LogP contribution in [0, 0.1) is 0 Å². The van der Waals surface area contributed by atoms with Crippen molar-refractivity contribution in [1.29, 1.82) is 0 Å². The van der Waals surface area contributed by atoms with Gasteiger partial charge in [0.05, 0.1) is 5.56 Å². The summed E-state index contributed by atoms with van der Waals surface area (Å²) in [6.07, 6.45) is 3.60. The highest BCUT2D eigenvalue weighted by Gasteiger charge is 2.29. The van der Waals surface area contributed by atoms with Gasteiger partial charge in [-0.3, -0.25) is 4.79 Å². The molecular weight excluding hydrogens is 412 g/mol. The molecule has 3 aromatic rings. The SMILES string of the molecule is CC1Oc2ccccc2C=C1C=C1Oc2cc(OCc3cccc(Cl)c3)ccc2C1=O. The van der Waals surface area contributed by atoms with Gasteiger partial charge in [0.25, 0.3) is 0 Å². The van der Waals surface area contributed by atoms with Crippen LogP contribution in [0.25, 0.3) is 6.08 Å². The van der Waals surface area contributed by atoms with Crippen LogP contribution < -0.4 is 14.2 Å². The summed E-state index contributed by atoms with van der Waals surface area (Å²) in [6, 6.07) is 20.6. The van der Waals surface area contributed by atoms with Crippen molar-refractivity contribution in [2.24, 2.45) is 0 Å². The van der Waals surface area contributed by atoms with Gasteiger partial charge in [-0.05, 0) is 60.5 Å². The molecule has 0 bridgehead atoms. The standard InChI is InChI=1S/C26H19ClO4/c1-16-19(12-18-6-2-3-8-23(18)30-16)13-25-26(28)22-10-9-21(14-24(22)31-25)29-15-17-5-4-7-20(27)11-17/h2-14,16H,15H2,1H3. The maximum atomic E-state index is 12.8. The molecule has 2 heterocycles. The van der Waals surface area contributed by atoms with Gasteiger partial charge in [0.15, 0.2) is 5.76 Å². The monoisotopic (exact) mass is 430 g/mol. The Morgan fingerprint density at radius 2 is 1.90 bits per heavy atom. The fourth-order valence-corrected chi connectivity index (χ4v) is 3.84. The van der Waals surface area contributed by atoms with Crippen LogP contribution in [0.2, 0.25) is 5.02 Å². The lowest BCUT2D eigenvalue weighted by Crippen LogP contribution is -2.18. The average Bonchev–Trinajstić information content (AvgIpc) is 3.07. The second-order valence-electron chi connectivity index (χ2n) is 7.46. The van der Waals surface area contributed by atoms with Crippen LogP contribution in [-0.4, -0.2) is 11.9 Å². The van der Waals surface area contributed by atoms with Crippen molar-refractivity contribution in [1.82, 2.24) is 0 Å². The zero-order valence-electron chi connectivity index (χ0n) is 16.8. The van der Waals surface area contributed by atoms with Crippen LogP contribution >= 0.6 is 11.6 Å². The molecule has 0 amide bonds. The van der Waals surface area contributed by atoms with E-state index in [9.17, 15) is 4.79 Å². The number of hydrogen-bond acceptors (Lipinski definition) is 4. The number of rotatable bonds is 4. The van der Waals surface area contributed by atoms with Gasteiger partial charge in [0, 0.05) is 16.7 Å². The van der Waals surface area contributed by atoms with E-state index in [0.29, 0.717) is 28.7 Å². The number of allylic oxidation sites excluding steroid dienone is 1. The van der Waals surface area contributed by atoms with Crippen molar-refractivity contribution in [3.8, 4) is 17.2 Å². The van der Waals surface area contributed by atoms with Crippen molar-refractivity contribution in [2.45, 2.75) is 19.6 Å². The summed E-state index contributed by atoms with van der Waals surface area (Å²) >= 11 is 6.02. The Bertz CT molecular complexity index is 1240. The average molecular weight is 431 g/mol. The molecule has 154 valence electrons. The van der Waals surface area contributed by atoms with E-state index in [4.69, 9.17) is 25.8 Å². The molecule has 0 aliphatic carbocycles. The number of ether oxygens (including phenoxy) is 3. The Kier molecular flexibility index (Phi) is 5.00. The fraction of sp³-hybridized carbons (Fsp3) is 0.115. The maximum Gasteiger partial charge on any atom is 0.231 e.